The predicted octanol–water partition coefficient (Wildman–Crippen LogP) is 4.67. The van der Waals surface area contributed by atoms with Crippen molar-refractivity contribution in [1.29, 1.82) is 0 Å². The van der Waals surface area contributed by atoms with E-state index in [-0.39, 0.29) is 12.1 Å². The van der Waals surface area contributed by atoms with E-state index >= 15 is 0 Å². The Bertz CT molecular complexity index is 681. The van der Waals surface area contributed by atoms with Crippen LogP contribution in [0.3, 0.4) is 0 Å². The van der Waals surface area contributed by atoms with Crippen LogP contribution in [0.15, 0.2) is 48.5 Å². The van der Waals surface area contributed by atoms with Gasteiger partial charge in [0.25, 0.3) is 0 Å². The van der Waals surface area contributed by atoms with Crippen LogP contribution in [0.5, 0.6) is 0 Å². The number of nitrogens with zero attached hydrogens (tertiary/aromatic N) is 1. The lowest BCUT2D eigenvalue weighted by molar-refractivity contribution is 0.207. The number of nitrogens with one attached hydrogen (secondary N) is 1. The van der Waals surface area contributed by atoms with Crippen molar-refractivity contribution in [2.45, 2.75) is 32.7 Å². The highest BCUT2D eigenvalue weighted by Gasteiger charge is 2.30. The molecule has 3 heteroatoms. The van der Waals surface area contributed by atoms with Crippen molar-refractivity contribution in [3.05, 3.63) is 65.2 Å². The Morgan fingerprint density at radius 2 is 1.73 bits per heavy atom. The van der Waals surface area contributed by atoms with Crippen molar-refractivity contribution >= 4 is 11.7 Å². The number of hydrogen-bond donors (Lipinski definition) is 1. The Morgan fingerprint density at radius 3 is 2.45 bits per heavy atom. The standard InChI is InChI=1S/C19H22N2O/c1-14-8-3-5-10-16(14)18-12-7-13-21(18)19(22)20-17-11-6-4-9-15(17)2/h3-6,8-11,18H,7,12-13H2,1-2H3,(H,20,22). The van der Waals surface area contributed by atoms with Crippen LogP contribution in [-0.4, -0.2) is 17.5 Å². The summed E-state index contributed by atoms with van der Waals surface area (Å²) in [6, 6.07) is 16.4. The second-order valence-corrected chi connectivity index (χ2v) is 5.95. The van der Waals surface area contributed by atoms with Gasteiger partial charge in [-0.2, -0.15) is 0 Å². The van der Waals surface area contributed by atoms with E-state index in [4.69, 9.17) is 0 Å². The zero-order valence-corrected chi connectivity index (χ0v) is 13.2. The fraction of sp³-hybridized carbons (Fsp3) is 0.316. The molecule has 1 unspecified atom stereocenters. The Hall–Kier alpha value is -2.29. The summed E-state index contributed by atoms with van der Waals surface area (Å²) in [5.41, 5.74) is 4.49. The number of amides is 2. The average molecular weight is 294 g/mol. The lowest BCUT2D eigenvalue weighted by Crippen LogP contribution is -2.34. The van der Waals surface area contributed by atoms with Gasteiger partial charge in [0.1, 0.15) is 0 Å². The molecule has 0 saturated carbocycles. The van der Waals surface area contributed by atoms with E-state index < -0.39 is 0 Å². The molecule has 0 aromatic heterocycles. The van der Waals surface area contributed by atoms with Gasteiger partial charge in [-0.3, -0.25) is 0 Å². The number of likely N-dealkylation sites (tertiary alicyclic amines) is 1. The molecular weight excluding hydrogens is 272 g/mol. The summed E-state index contributed by atoms with van der Waals surface area (Å²) in [7, 11) is 0. The molecule has 0 aliphatic carbocycles. The number of rotatable bonds is 2. The normalized spacial score (nSPS) is 17.5. The number of benzene rings is 2. The fourth-order valence-electron chi connectivity index (χ4n) is 3.19. The zero-order valence-electron chi connectivity index (χ0n) is 13.2. The maximum atomic E-state index is 12.7. The van der Waals surface area contributed by atoms with Crippen LogP contribution in [0.2, 0.25) is 0 Å². The summed E-state index contributed by atoms with van der Waals surface area (Å²) >= 11 is 0. The average Bonchev–Trinajstić information content (AvgIpc) is 2.99. The lowest BCUT2D eigenvalue weighted by atomic mass is 9.99. The first-order valence-electron chi connectivity index (χ1n) is 7.85. The van der Waals surface area contributed by atoms with Gasteiger partial charge in [-0.25, -0.2) is 4.79 Å². The van der Waals surface area contributed by atoms with E-state index in [0.717, 1.165) is 30.6 Å². The minimum absolute atomic E-state index is 0.0000491. The van der Waals surface area contributed by atoms with Crippen molar-refractivity contribution in [3.63, 3.8) is 0 Å². The molecule has 22 heavy (non-hydrogen) atoms. The van der Waals surface area contributed by atoms with Gasteiger partial charge >= 0.3 is 6.03 Å². The fourth-order valence-corrected chi connectivity index (χ4v) is 3.19. The molecule has 0 spiro atoms. The molecule has 114 valence electrons. The third-order valence-corrected chi connectivity index (χ3v) is 4.45. The van der Waals surface area contributed by atoms with Crippen LogP contribution in [0.4, 0.5) is 10.5 Å². The Balaban J connectivity index is 1.80. The second-order valence-electron chi connectivity index (χ2n) is 5.95. The maximum absolute atomic E-state index is 12.7. The summed E-state index contributed by atoms with van der Waals surface area (Å²) in [6.45, 7) is 4.94. The molecule has 2 aromatic rings. The Kier molecular flexibility index (Phi) is 4.14. The summed E-state index contributed by atoms with van der Waals surface area (Å²) in [4.78, 5) is 14.6. The molecule has 0 radical (unpaired) electrons. The van der Waals surface area contributed by atoms with E-state index in [1.807, 2.05) is 42.2 Å². The smallest absolute Gasteiger partial charge is 0.317 e. The van der Waals surface area contributed by atoms with Crippen LogP contribution in [0, 0.1) is 13.8 Å². The quantitative estimate of drug-likeness (QED) is 0.857. The van der Waals surface area contributed by atoms with Gasteiger partial charge in [0.15, 0.2) is 0 Å². The minimum atomic E-state index is 0.0000491. The number of urea groups is 1. The third-order valence-electron chi connectivity index (χ3n) is 4.45. The Labute approximate surface area is 132 Å². The van der Waals surface area contributed by atoms with E-state index in [2.05, 4.69) is 30.4 Å². The van der Waals surface area contributed by atoms with Gasteiger partial charge in [-0.15, -0.1) is 0 Å². The van der Waals surface area contributed by atoms with Gasteiger partial charge in [0, 0.05) is 12.2 Å². The SMILES string of the molecule is Cc1ccccc1NC(=O)N1CCCC1c1ccccc1C. The maximum Gasteiger partial charge on any atom is 0.322 e. The highest BCUT2D eigenvalue weighted by molar-refractivity contribution is 5.90. The van der Waals surface area contributed by atoms with Crippen LogP contribution >= 0.6 is 0 Å². The lowest BCUT2D eigenvalue weighted by Gasteiger charge is -2.26. The number of para-hydroxylation sites is 1. The second kappa shape index (κ2) is 6.22. The summed E-state index contributed by atoms with van der Waals surface area (Å²) < 4.78 is 0. The van der Waals surface area contributed by atoms with Gasteiger partial charge in [0.2, 0.25) is 0 Å². The van der Waals surface area contributed by atoms with Gasteiger partial charge in [-0.05, 0) is 49.4 Å². The molecule has 0 bridgehead atoms. The first kappa shape index (κ1) is 14.6. The first-order chi connectivity index (χ1) is 10.7. The monoisotopic (exact) mass is 294 g/mol. The first-order valence-corrected chi connectivity index (χ1v) is 7.85. The van der Waals surface area contributed by atoms with Gasteiger partial charge in [0.05, 0.1) is 6.04 Å². The summed E-state index contributed by atoms with van der Waals surface area (Å²) in [5.74, 6) is 0. The highest BCUT2D eigenvalue weighted by atomic mass is 16.2. The highest BCUT2D eigenvalue weighted by Crippen LogP contribution is 2.34. The molecule has 2 amide bonds. The van der Waals surface area contributed by atoms with E-state index in [1.54, 1.807) is 0 Å². The molecule has 1 N–H and O–H groups in total. The summed E-state index contributed by atoms with van der Waals surface area (Å²) in [6.07, 6.45) is 2.09. The molecule has 1 saturated heterocycles. The largest absolute Gasteiger partial charge is 0.322 e. The molecule has 1 aliphatic heterocycles. The van der Waals surface area contributed by atoms with Gasteiger partial charge in [-0.1, -0.05) is 42.5 Å². The third kappa shape index (κ3) is 2.84. The Morgan fingerprint density at radius 1 is 1.05 bits per heavy atom. The zero-order chi connectivity index (χ0) is 15.5. The van der Waals surface area contributed by atoms with Crippen LogP contribution < -0.4 is 5.32 Å². The molecular formula is C19H22N2O. The van der Waals surface area contributed by atoms with E-state index in [0.29, 0.717) is 0 Å². The van der Waals surface area contributed by atoms with Crippen molar-refractivity contribution in [3.8, 4) is 0 Å². The molecule has 3 rings (SSSR count). The van der Waals surface area contributed by atoms with Crippen molar-refractivity contribution in [2.24, 2.45) is 0 Å². The minimum Gasteiger partial charge on any atom is -0.317 e. The molecule has 1 fully saturated rings. The number of carbonyl (C=O) groups is 1. The number of anilines is 1. The molecule has 3 nitrogen and oxygen atoms in total. The van der Waals surface area contributed by atoms with Crippen molar-refractivity contribution in [2.75, 3.05) is 11.9 Å². The summed E-state index contributed by atoms with van der Waals surface area (Å²) in [5, 5.41) is 3.06. The molecule has 1 atom stereocenters. The topological polar surface area (TPSA) is 32.3 Å². The van der Waals surface area contributed by atoms with Gasteiger partial charge < -0.3 is 10.2 Å². The molecule has 2 aromatic carbocycles. The van der Waals surface area contributed by atoms with Crippen LogP contribution in [0.25, 0.3) is 0 Å². The van der Waals surface area contributed by atoms with E-state index in [9.17, 15) is 4.79 Å². The van der Waals surface area contributed by atoms with Crippen molar-refractivity contribution in [1.82, 2.24) is 4.90 Å². The number of hydrogen-bond acceptors (Lipinski definition) is 1. The number of carbonyl (C=O) groups excluding carboxylic acids is 1. The molecule has 1 heterocycles. The molecule has 1 aliphatic rings. The van der Waals surface area contributed by atoms with Crippen LogP contribution in [-0.2, 0) is 0 Å². The van der Waals surface area contributed by atoms with Crippen molar-refractivity contribution < 1.29 is 4.79 Å². The van der Waals surface area contributed by atoms with Crippen LogP contribution in [0.1, 0.15) is 35.6 Å². The number of aryl methyl sites for hydroxylation is 2. The van der Waals surface area contributed by atoms with E-state index in [1.165, 1.54) is 11.1 Å². The predicted molar refractivity (Wildman–Crippen MR) is 90.1 cm³/mol.